The fourth-order valence-corrected chi connectivity index (χ4v) is 2.90. The largest absolute Gasteiger partial charge is 0.465 e. The number of fused-ring (bicyclic) bond motifs is 1. The Kier molecular flexibility index (Phi) is 4.82. The van der Waals surface area contributed by atoms with Crippen molar-refractivity contribution in [1.29, 1.82) is 0 Å². The number of H-pyrrole nitrogens is 1. The Morgan fingerprint density at radius 1 is 1.46 bits per heavy atom. The molecule has 0 aliphatic carbocycles. The molecule has 1 aromatic carbocycles. The number of nitrogens with zero attached hydrogens (tertiary/aromatic N) is 2. The van der Waals surface area contributed by atoms with Crippen LogP contribution in [0.25, 0.3) is 11.0 Å². The van der Waals surface area contributed by atoms with Gasteiger partial charge < -0.3 is 14.5 Å². The molecule has 1 aliphatic rings. The summed E-state index contributed by atoms with van der Waals surface area (Å²) in [5.41, 5.74) is 1.91. The Morgan fingerprint density at radius 3 is 2.92 bits per heavy atom. The van der Waals surface area contributed by atoms with Crippen LogP contribution in [0.5, 0.6) is 0 Å². The van der Waals surface area contributed by atoms with Gasteiger partial charge in [-0.25, -0.2) is 14.2 Å². The number of likely N-dealkylation sites (tertiary alicyclic amines) is 1. The van der Waals surface area contributed by atoms with Crippen molar-refractivity contribution >= 4 is 17.0 Å². The molecule has 1 aliphatic heterocycles. The molecule has 0 spiro atoms. The zero-order valence-electron chi connectivity index (χ0n) is 14.1. The summed E-state index contributed by atoms with van der Waals surface area (Å²) in [6.07, 6.45) is -1.42. The first-order chi connectivity index (χ1) is 11.5. The van der Waals surface area contributed by atoms with E-state index in [-0.39, 0.29) is 6.61 Å². The molecule has 130 valence electrons. The number of carbonyl (C=O) groups excluding carboxylic acids is 1. The van der Waals surface area contributed by atoms with E-state index in [1.807, 2.05) is 13.8 Å². The lowest BCUT2D eigenvalue weighted by Gasteiger charge is -2.19. The molecule has 1 saturated heterocycles. The number of halogens is 1. The summed E-state index contributed by atoms with van der Waals surface area (Å²) in [5, 5.41) is 0. The molecule has 7 heteroatoms. The van der Waals surface area contributed by atoms with Crippen molar-refractivity contribution in [2.45, 2.75) is 38.8 Å². The summed E-state index contributed by atoms with van der Waals surface area (Å²) in [6.45, 7) is 5.30. The van der Waals surface area contributed by atoms with Crippen molar-refractivity contribution in [3.8, 4) is 0 Å². The highest BCUT2D eigenvalue weighted by Crippen LogP contribution is 2.21. The molecule has 0 radical (unpaired) electrons. The number of hydrogen-bond acceptors (Lipinski definition) is 5. The molecule has 0 unspecified atom stereocenters. The maximum absolute atomic E-state index is 14.0. The van der Waals surface area contributed by atoms with Crippen molar-refractivity contribution in [3.63, 3.8) is 0 Å². The quantitative estimate of drug-likeness (QED) is 0.849. The number of esters is 1. The molecule has 2 atom stereocenters. The van der Waals surface area contributed by atoms with Crippen LogP contribution in [0.4, 0.5) is 4.39 Å². The summed E-state index contributed by atoms with van der Waals surface area (Å²) in [5.74, 6) is 0.214. The molecule has 2 heterocycles. The molecule has 1 N–H and O–H groups in total. The molecule has 6 nitrogen and oxygen atoms in total. The maximum Gasteiger partial charge on any atom is 0.337 e. The highest BCUT2D eigenvalue weighted by molar-refractivity contribution is 5.93. The topological polar surface area (TPSA) is 67.5 Å². The molecule has 2 aromatic rings. The van der Waals surface area contributed by atoms with Crippen LogP contribution in [0.2, 0.25) is 0 Å². The normalized spacial score (nSPS) is 21.7. The Balaban J connectivity index is 1.66. The number of rotatable bonds is 5. The van der Waals surface area contributed by atoms with Crippen LogP contribution >= 0.6 is 0 Å². The fourth-order valence-electron chi connectivity index (χ4n) is 2.90. The number of ether oxygens (including phenoxy) is 2. The minimum absolute atomic E-state index is 0.208. The molecule has 1 aromatic heterocycles. The number of benzene rings is 1. The summed E-state index contributed by atoms with van der Waals surface area (Å²) in [7, 11) is 1.34. The van der Waals surface area contributed by atoms with Crippen LogP contribution in [-0.2, 0) is 16.1 Å². The number of carbonyl (C=O) groups is 1. The van der Waals surface area contributed by atoms with Crippen LogP contribution in [0.1, 0.15) is 30.0 Å². The van der Waals surface area contributed by atoms with E-state index < -0.39 is 18.2 Å². The summed E-state index contributed by atoms with van der Waals surface area (Å²) in [6, 6.07) is 5.40. The average molecular weight is 335 g/mol. The van der Waals surface area contributed by atoms with E-state index in [0.717, 1.165) is 11.0 Å². The first kappa shape index (κ1) is 16.9. The molecular formula is C17H22FN3O3. The first-order valence-electron chi connectivity index (χ1n) is 8.04. The van der Waals surface area contributed by atoms with Gasteiger partial charge in [-0.1, -0.05) is 0 Å². The van der Waals surface area contributed by atoms with Gasteiger partial charge in [0.1, 0.15) is 24.7 Å². The molecule has 0 amide bonds. The lowest BCUT2D eigenvalue weighted by Crippen LogP contribution is -2.29. The molecular weight excluding hydrogens is 313 g/mol. The van der Waals surface area contributed by atoms with Gasteiger partial charge in [-0.3, -0.25) is 4.90 Å². The maximum atomic E-state index is 14.0. The van der Waals surface area contributed by atoms with Crippen molar-refractivity contribution in [3.05, 3.63) is 29.6 Å². The minimum atomic E-state index is -0.984. The standard InChI is InChI=1S/C17H22FN3O3/c1-10(2)21-7-12(18)15(8-21)24-9-16-19-13-5-4-11(17(22)23-3)6-14(13)20-16/h4-6,10,12,15H,7-9H2,1-3H3,(H,19,20)/t12-,15+/m1/s1. The number of aromatic amines is 1. The number of aromatic nitrogens is 2. The Labute approximate surface area is 139 Å². The van der Waals surface area contributed by atoms with Gasteiger partial charge >= 0.3 is 5.97 Å². The summed E-state index contributed by atoms with van der Waals surface area (Å²) >= 11 is 0. The van der Waals surface area contributed by atoms with Crippen LogP contribution < -0.4 is 0 Å². The molecule has 0 saturated carbocycles. The third kappa shape index (κ3) is 3.42. The average Bonchev–Trinajstić information content (AvgIpc) is 3.14. The lowest BCUT2D eigenvalue weighted by molar-refractivity contribution is 0.00814. The van der Waals surface area contributed by atoms with E-state index in [1.54, 1.807) is 18.2 Å². The predicted molar refractivity (Wildman–Crippen MR) is 87.6 cm³/mol. The monoisotopic (exact) mass is 335 g/mol. The van der Waals surface area contributed by atoms with E-state index in [2.05, 4.69) is 14.9 Å². The molecule has 1 fully saturated rings. The second kappa shape index (κ2) is 6.86. The number of methoxy groups -OCH3 is 1. The number of hydrogen-bond donors (Lipinski definition) is 1. The second-order valence-corrected chi connectivity index (χ2v) is 6.32. The van der Waals surface area contributed by atoms with Crippen LogP contribution in [0.3, 0.4) is 0 Å². The van der Waals surface area contributed by atoms with Gasteiger partial charge in [-0.05, 0) is 32.0 Å². The van der Waals surface area contributed by atoms with Crippen molar-refractivity contribution in [1.82, 2.24) is 14.9 Å². The van der Waals surface area contributed by atoms with E-state index in [9.17, 15) is 9.18 Å². The molecule has 3 rings (SSSR count). The number of nitrogens with one attached hydrogen (secondary N) is 1. The van der Waals surface area contributed by atoms with Gasteiger partial charge in [0.2, 0.25) is 0 Å². The van der Waals surface area contributed by atoms with Crippen molar-refractivity contribution in [2.75, 3.05) is 20.2 Å². The molecule has 0 bridgehead atoms. The zero-order chi connectivity index (χ0) is 17.3. The zero-order valence-corrected chi connectivity index (χ0v) is 14.1. The van der Waals surface area contributed by atoms with E-state index >= 15 is 0 Å². The van der Waals surface area contributed by atoms with Gasteiger partial charge in [-0.15, -0.1) is 0 Å². The summed E-state index contributed by atoms with van der Waals surface area (Å²) < 4.78 is 24.4. The number of alkyl halides is 1. The third-order valence-electron chi connectivity index (χ3n) is 4.34. The highest BCUT2D eigenvalue weighted by Gasteiger charge is 2.34. The van der Waals surface area contributed by atoms with E-state index in [0.29, 0.717) is 30.5 Å². The fraction of sp³-hybridized carbons (Fsp3) is 0.529. The Bertz CT molecular complexity index is 731. The van der Waals surface area contributed by atoms with Crippen molar-refractivity contribution < 1.29 is 18.7 Å². The van der Waals surface area contributed by atoms with Crippen LogP contribution in [0, 0.1) is 0 Å². The van der Waals surface area contributed by atoms with E-state index in [4.69, 9.17) is 9.47 Å². The van der Waals surface area contributed by atoms with Gasteiger partial charge in [0.05, 0.1) is 23.7 Å². The van der Waals surface area contributed by atoms with Crippen LogP contribution in [0.15, 0.2) is 18.2 Å². The lowest BCUT2D eigenvalue weighted by atomic mass is 10.2. The SMILES string of the molecule is COC(=O)c1ccc2nc(CO[C@H]3CN(C(C)C)C[C@H]3F)[nH]c2c1. The molecule has 24 heavy (non-hydrogen) atoms. The summed E-state index contributed by atoms with van der Waals surface area (Å²) in [4.78, 5) is 21.1. The third-order valence-corrected chi connectivity index (χ3v) is 4.34. The Morgan fingerprint density at radius 2 is 2.25 bits per heavy atom. The van der Waals surface area contributed by atoms with Gasteiger partial charge in [-0.2, -0.15) is 0 Å². The first-order valence-corrected chi connectivity index (χ1v) is 8.04. The van der Waals surface area contributed by atoms with E-state index in [1.165, 1.54) is 7.11 Å². The minimum Gasteiger partial charge on any atom is -0.465 e. The smallest absolute Gasteiger partial charge is 0.337 e. The van der Waals surface area contributed by atoms with Gasteiger partial charge in [0, 0.05) is 19.1 Å². The van der Waals surface area contributed by atoms with Gasteiger partial charge in [0.25, 0.3) is 0 Å². The van der Waals surface area contributed by atoms with Crippen molar-refractivity contribution in [2.24, 2.45) is 0 Å². The Hall–Kier alpha value is -1.99. The highest BCUT2D eigenvalue weighted by atomic mass is 19.1. The number of imidazole rings is 1. The predicted octanol–water partition coefficient (Wildman–Crippen LogP) is 2.30. The second-order valence-electron chi connectivity index (χ2n) is 6.32. The van der Waals surface area contributed by atoms with Gasteiger partial charge in [0.15, 0.2) is 0 Å². The van der Waals surface area contributed by atoms with Crippen LogP contribution in [-0.4, -0.2) is 59.4 Å².